The molecule has 18 heavy (non-hydrogen) atoms. The lowest BCUT2D eigenvalue weighted by Crippen LogP contribution is -2.03. The quantitative estimate of drug-likeness (QED) is 0.624. The van der Waals surface area contributed by atoms with Crippen LogP contribution in [0.15, 0.2) is 40.1 Å². The van der Waals surface area contributed by atoms with Gasteiger partial charge >= 0.3 is 10.1 Å². The maximum Gasteiger partial charge on any atom is 0.340 e. The van der Waals surface area contributed by atoms with Crippen molar-refractivity contribution in [1.29, 1.82) is 0 Å². The van der Waals surface area contributed by atoms with E-state index in [1.807, 2.05) is 0 Å². The van der Waals surface area contributed by atoms with E-state index in [4.69, 9.17) is 8.74 Å². The average molecular weight is 286 g/mol. The Morgan fingerprint density at radius 1 is 1.17 bits per heavy atom. The largest absolute Gasteiger partial charge is 0.378 e. The molecule has 2 aromatic rings. The van der Waals surface area contributed by atoms with Gasteiger partial charge in [-0.25, -0.2) is 0 Å². The fourth-order valence-electron chi connectivity index (χ4n) is 1.91. The third-order valence-electron chi connectivity index (χ3n) is 2.64. The third-order valence-corrected chi connectivity index (χ3v) is 4.75. The Balaban J connectivity index is 2.50. The van der Waals surface area contributed by atoms with Crippen molar-refractivity contribution in [1.82, 2.24) is 0 Å². The van der Waals surface area contributed by atoms with Crippen LogP contribution in [0.3, 0.4) is 0 Å². The second-order valence-electron chi connectivity index (χ2n) is 3.79. The number of hydrogen-bond acceptors (Lipinski definition) is 5. The SMILES string of the molecule is O=S(=O)(O)c1cc2c3c(cccc3c1)S(=O)(=O)O2. The van der Waals surface area contributed by atoms with Crippen LogP contribution < -0.4 is 4.18 Å². The first kappa shape index (κ1) is 11.5. The second kappa shape index (κ2) is 3.22. The Hall–Kier alpha value is -1.64. The standard InChI is InChI=1S/C10H6O6S2/c11-17(12,13)7-4-6-2-1-3-9-10(6)8(5-7)16-18(9,14)15/h1-5H,(H,11,12,13). The second-order valence-corrected chi connectivity index (χ2v) is 6.72. The molecule has 2 aromatic carbocycles. The average Bonchev–Trinajstić information content (AvgIpc) is 2.51. The zero-order valence-electron chi connectivity index (χ0n) is 8.69. The van der Waals surface area contributed by atoms with Crippen molar-refractivity contribution in [3.05, 3.63) is 30.3 Å². The van der Waals surface area contributed by atoms with Gasteiger partial charge in [0.15, 0.2) is 5.75 Å². The van der Waals surface area contributed by atoms with Crippen molar-refractivity contribution in [2.45, 2.75) is 9.79 Å². The monoisotopic (exact) mass is 286 g/mol. The van der Waals surface area contributed by atoms with Crippen LogP contribution in [-0.2, 0) is 20.2 Å². The van der Waals surface area contributed by atoms with Crippen LogP contribution in [0.2, 0.25) is 0 Å². The number of rotatable bonds is 1. The maximum absolute atomic E-state index is 11.7. The molecule has 0 unspecified atom stereocenters. The summed E-state index contributed by atoms with van der Waals surface area (Å²) in [5.41, 5.74) is 0. The molecule has 1 aliphatic heterocycles. The van der Waals surface area contributed by atoms with Crippen LogP contribution in [0.25, 0.3) is 10.8 Å². The lowest BCUT2D eigenvalue weighted by Gasteiger charge is -2.01. The molecule has 0 fully saturated rings. The molecule has 8 heteroatoms. The Bertz CT molecular complexity index is 880. The Kier molecular flexibility index (Phi) is 2.05. The molecule has 1 heterocycles. The first-order valence-electron chi connectivity index (χ1n) is 4.78. The number of benzene rings is 2. The molecule has 0 bridgehead atoms. The maximum atomic E-state index is 11.7. The van der Waals surface area contributed by atoms with Gasteiger partial charge in [-0.1, -0.05) is 12.1 Å². The molecule has 0 spiro atoms. The normalized spacial score (nSPS) is 16.7. The first-order valence-corrected chi connectivity index (χ1v) is 7.63. The fraction of sp³-hybridized carbons (Fsp3) is 0. The van der Waals surface area contributed by atoms with Crippen LogP contribution in [0, 0.1) is 0 Å². The minimum atomic E-state index is -4.42. The molecule has 1 aliphatic rings. The Morgan fingerprint density at radius 3 is 2.56 bits per heavy atom. The Morgan fingerprint density at radius 2 is 1.89 bits per heavy atom. The van der Waals surface area contributed by atoms with E-state index in [0.717, 1.165) is 6.07 Å². The van der Waals surface area contributed by atoms with Crippen molar-refractivity contribution >= 4 is 31.0 Å². The van der Waals surface area contributed by atoms with E-state index >= 15 is 0 Å². The topological polar surface area (TPSA) is 97.7 Å². The highest BCUT2D eigenvalue weighted by Gasteiger charge is 2.31. The Labute approximate surface area is 103 Å². The molecular formula is C10H6O6S2. The predicted octanol–water partition coefficient (Wildman–Crippen LogP) is 1.17. The highest BCUT2D eigenvalue weighted by atomic mass is 32.2. The summed E-state index contributed by atoms with van der Waals surface area (Å²) in [5.74, 6) is -0.0873. The summed E-state index contributed by atoms with van der Waals surface area (Å²) < 4.78 is 59.2. The van der Waals surface area contributed by atoms with Crippen LogP contribution in [0.4, 0.5) is 0 Å². The van der Waals surface area contributed by atoms with Crippen molar-refractivity contribution < 1.29 is 25.6 Å². The van der Waals surface area contributed by atoms with Gasteiger partial charge in [-0.05, 0) is 17.5 Å². The highest BCUT2D eigenvalue weighted by molar-refractivity contribution is 7.87. The molecule has 0 saturated heterocycles. The molecular weight excluding hydrogens is 280 g/mol. The minimum absolute atomic E-state index is 0.00288. The van der Waals surface area contributed by atoms with Gasteiger partial charge in [-0.2, -0.15) is 16.8 Å². The molecule has 0 aromatic heterocycles. The van der Waals surface area contributed by atoms with E-state index in [1.165, 1.54) is 18.2 Å². The van der Waals surface area contributed by atoms with E-state index in [2.05, 4.69) is 0 Å². The van der Waals surface area contributed by atoms with E-state index in [9.17, 15) is 16.8 Å². The number of hydrogen-bond donors (Lipinski definition) is 1. The molecule has 0 saturated carbocycles. The molecule has 0 radical (unpaired) electrons. The van der Waals surface area contributed by atoms with Crippen LogP contribution in [0.5, 0.6) is 5.75 Å². The summed E-state index contributed by atoms with van der Waals surface area (Å²) >= 11 is 0. The van der Waals surface area contributed by atoms with E-state index in [1.54, 1.807) is 6.07 Å². The van der Waals surface area contributed by atoms with Crippen molar-refractivity contribution in [3.8, 4) is 5.75 Å². The summed E-state index contributed by atoms with van der Waals surface area (Å²) in [4.78, 5) is -0.406. The minimum Gasteiger partial charge on any atom is -0.378 e. The summed E-state index contributed by atoms with van der Waals surface area (Å²) in [6.45, 7) is 0. The van der Waals surface area contributed by atoms with Gasteiger partial charge in [0.05, 0.1) is 4.90 Å². The summed E-state index contributed by atoms with van der Waals surface area (Å²) in [7, 11) is -8.31. The van der Waals surface area contributed by atoms with Crippen LogP contribution in [-0.4, -0.2) is 21.4 Å². The molecule has 6 nitrogen and oxygen atoms in total. The van der Waals surface area contributed by atoms with Gasteiger partial charge in [-0.3, -0.25) is 4.55 Å². The molecule has 0 atom stereocenters. The lowest BCUT2D eigenvalue weighted by atomic mass is 10.1. The highest BCUT2D eigenvalue weighted by Crippen LogP contribution is 2.41. The molecule has 0 aliphatic carbocycles. The summed E-state index contributed by atoms with van der Waals surface area (Å²) in [5, 5.41) is 0.698. The van der Waals surface area contributed by atoms with Crippen LogP contribution >= 0.6 is 0 Å². The smallest absolute Gasteiger partial charge is 0.340 e. The van der Waals surface area contributed by atoms with Gasteiger partial charge in [-0.15, -0.1) is 0 Å². The zero-order chi connectivity index (χ0) is 13.1. The predicted molar refractivity (Wildman–Crippen MR) is 61.6 cm³/mol. The lowest BCUT2D eigenvalue weighted by molar-refractivity contribution is 0.480. The van der Waals surface area contributed by atoms with E-state index < -0.39 is 25.1 Å². The molecule has 94 valence electrons. The van der Waals surface area contributed by atoms with Crippen molar-refractivity contribution in [3.63, 3.8) is 0 Å². The van der Waals surface area contributed by atoms with E-state index in [0.29, 0.717) is 10.8 Å². The molecule has 1 N–H and O–H groups in total. The first-order chi connectivity index (χ1) is 8.29. The molecule has 3 rings (SSSR count). The summed E-state index contributed by atoms with van der Waals surface area (Å²) in [6, 6.07) is 6.58. The van der Waals surface area contributed by atoms with Crippen molar-refractivity contribution in [2.75, 3.05) is 0 Å². The van der Waals surface area contributed by atoms with Gasteiger partial charge in [0, 0.05) is 11.5 Å². The van der Waals surface area contributed by atoms with E-state index in [-0.39, 0.29) is 10.6 Å². The van der Waals surface area contributed by atoms with Gasteiger partial charge < -0.3 is 4.18 Å². The molecule has 0 amide bonds. The fourth-order valence-corrected chi connectivity index (χ4v) is 3.62. The van der Waals surface area contributed by atoms with Crippen molar-refractivity contribution in [2.24, 2.45) is 0 Å². The van der Waals surface area contributed by atoms with Gasteiger partial charge in [0.2, 0.25) is 0 Å². The van der Waals surface area contributed by atoms with Gasteiger partial charge in [0.25, 0.3) is 10.1 Å². The third kappa shape index (κ3) is 1.50. The van der Waals surface area contributed by atoms with Gasteiger partial charge in [0.1, 0.15) is 4.90 Å². The zero-order valence-corrected chi connectivity index (χ0v) is 10.3. The van der Waals surface area contributed by atoms with Crippen LogP contribution in [0.1, 0.15) is 0 Å². The summed E-state index contributed by atoms with van der Waals surface area (Å²) in [6.07, 6.45) is 0.